The first-order chi connectivity index (χ1) is 9.42. The van der Waals surface area contributed by atoms with Gasteiger partial charge in [0.25, 0.3) is 10.0 Å². The molecule has 0 atom stereocenters. The predicted molar refractivity (Wildman–Crippen MR) is 80.5 cm³/mol. The monoisotopic (exact) mass is 351 g/mol. The number of benzene rings is 2. The average Bonchev–Trinajstić information content (AvgIpc) is 2.41. The van der Waals surface area contributed by atoms with Gasteiger partial charge in [-0.15, -0.1) is 0 Å². The summed E-state index contributed by atoms with van der Waals surface area (Å²) in [5.74, 6) is 0. The van der Waals surface area contributed by atoms with Gasteiger partial charge in [0.05, 0.1) is 22.2 Å². The lowest BCUT2D eigenvalue weighted by Crippen LogP contribution is -2.13. The third kappa shape index (κ3) is 3.10. The van der Waals surface area contributed by atoms with Gasteiger partial charge in [0.1, 0.15) is 0 Å². The highest BCUT2D eigenvalue weighted by Crippen LogP contribution is 2.26. The number of hydrogen-bond acceptors (Lipinski definition) is 4. The summed E-state index contributed by atoms with van der Waals surface area (Å²) in [7, 11) is -3.72. The van der Waals surface area contributed by atoms with Crippen LogP contribution in [0.5, 0.6) is 0 Å². The van der Waals surface area contributed by atoms with Crippen LogP contribution >= 0.6 is 15.9 Å². The summed E-state index contributed by atoms with van der Waals surface area (Å²) in [5, 5.41) is 8.77. The quantitative estimate of drug-likeness (QED) is 0.830. The van der Waals surface area contributed by atoms with Crippen molar-refractivity contribution >= 4 is 37.3 Å². The summed E-state index contributed by atoms with van der Waals surface area (Å²) < 4.78 is 27.3. The van der Waals surface area contributed by atoms with Crippen molar-refractivity contribution in [2.45, 2.75) is 4.90 Å². The Labute approximate surface area is 125 Å². The number of sulfonamides is 1. The number of nitriles is 1. The highest BCUT2D eigenvalue weighted by atomic mass is 79.9. The third-order valence-corrected chi connectivity index (χ3v) is 4.53. The molecule has 0 amide bonds. The van der Waals surface area contributed by atoms with Crippen LogP contribution in [0.25, 0.3) is 0 Å². The first-order valence-electron chi connectivity index (χ1n) is 5.50. The molecule has 0 unspecified atom stereocenters. The predicted octanol–water partition coefficient (Wildman–Crippen LogP) is 2.70. The van der Waals surface area contributed by atoms with E-state index in [4.69, 9.17) is 11.0 Å². The number of nitrogens with one attached hydrogen (secondary N) is 1. The molecule has 2 aromatic carbocycles. The summed E-state index contributed by atoms with van der Waals surface area (Å²) in [6.07, 6.45) is 0. The van der Waals surface area contributed by atoms with Crippen LogP contribution < -0.4 is 10.5 Å². The van der Waals surface area contributed by atoms with Gasteiger partial charge in [-0.2, -0.15) is 5.26 Å². The molecule has 0 saturated carbocycles. The van der Waals surface area contributed by atoms with E-state index in [-0.39, 0.29) is 4.90 Å². The van der Waals surface area contributed by atoms with Crippen LogP contribution in [-0.4, -0.2) is 8.42 Å². The van der Waals surface area contributed by atoms with Gasteiger partial charge in [0.2, 0.25) is 0 Å². The molecule has 5 nitrogen and oxygen atoms in total. The van der Waals surface area contributed by atoms with Crippen molar-refractivity contribution in [3.05, 3.63) is 52.5 Å². The molecular weight excluding hydrogens is 342 g/mol. The van der Waals surface area contributed by atoms with E-state index in [1.807, 2.05) is 6.07 Å². The number of hydrogen-bond donors (Lipinski definition) is 2. The Morgan fingerprint density at radius 1 is 1.20 bits per heavy atom. The Morgan fingerprint density at radius 3 is 2.55 bits per heavy atom. The molecule has 0 bridgehead atoms. The van der Waals surface area contributed by atoms with Crippen molar-refractivity contribution in [3.8, 4) is 6.07 Å². The summed E-state index contributed by atoms with van der Waals surface area (Å²) in [5.41, 5.74) is 6.73. The molecule has 0 aromatic heterocycles. The molecule has 2 aromatic rings. The lowest BCUT2D eigenvalue weighted by atomic mass is 10.2. The normalized spacial score (nSPS) is 10.8. The number of nitrogen functional groups attached to an aromatic ring is 1. The van der Waals surface area contributed by atoms with E-state index in [9.17, 15) is 8.42 Å². The van der Waals surface area contributed by atoms with Crippen molar-refractivity contribution in [1.29, 1.82) is 5.26 Å². The molecule has 0 aliphatic carbocycles. The maximum Gasteiger partial charge on any atom is 0.262 e. The molecule has 0 aliphatic rings. The molecule has 0 radical (unpaired) electrons. The topological polar surface area (TPSA) is 96.0 Å². The van der Waals surface area contributed by atoms with E-state index in [2.05, 4.69) is 20.7 Å². The van der Waals surface area contributed by atoms with Gasteiger partial charge in [0.15, 0.2) is 0 Å². The van der Waals surface area contributed by atoms with E-state index in [1.165, 1.54) is 30.3 Å². The van der Waals surface area contributed by atoms with Gasteiger partial charge in [-0.05, 0) is 52.3 Å². The lowest BCUT2D eigenvalue weighted by Gasteiger charge is -2.10. The molecule has 3 N–H and O–H groups in total. The highest BCUT2D eigenvalue weighted by molar-refractivity contribution is 9.10. The van der Waals surface area contributed by atoms with Crippen molar-refractivity contribution in [1.82, 2.24) is 0 Å². The van der Waals surface area contributed by atoms with Crippen molar-refractivity contribution in [2.75, 3.05) is 10.5 Å². The summed E-state index contributed by atoms with van der Waals surface area (Å²) in [4.78, 5) is 0.0776. The highest BCUT2D eigenvalue weighted by Gasteiger charge is 2.15. The first kappa shape index (κ1) is 14.4. The van der Waals surface area contributed by atoms with Gasteiger partial charge >= 0.3 is 0 Å². The zero-order valence-corrected chi connectivity index (χ0v) is 12.6. The van der Waals surface area contributed by atoms with E-state index < -0.39 is 10.0 Å². The SMILES string of the molecule is N#Cc1ccc(NS(=O)(=O)c2cccc(N)c2)c(Br)c1. The van der Waals surface area contributed by atoms with E-state index in [0.717, 1.165) is 0 Å². The second-order valence-corrected chi connectivity index (χ2v) is 6.52. The fourth-order valence-corrected chi connectivity index (χ4v) is 3.30. The summed E-state index contributed by atoms with van der Waals surface area (Å²) in [6, 6.07) is 12.6. The van der Waals surface area contributed by atoms with E-state index in [1.54, 1.807) is 12.1 Å². The molecule has 0 saturated heterocycles. The van der Waals surface area contributed by atoms with Crippen LogP contribution in [0.4, 0.5) is 11.4 Å². The van der Waals surface area contributed by atoms with Gasteiger partial charge in [-0.25, -0.2) is 8.42 Å². The molecule has 0 heterocycles. The Balaban J connectivity index is 2.36. The average molecular weight is 352 g/mol. The minimum absolute atomic E-state index is 0.0776. The molecular formula is C13H10BrN3O2S. The molecule has 20 heavy (non-hydrogen) atoms. The number of halogens is 1. The van der Waals surface area contributed by atoms with Gasteiger partial charge < -0.3 is 5.73 Å². The van der Waals surface area contributed by atoms with Crippen LogP contribution in [0.1, 0.15) is 5.56 Å². The Bertz CT molecular complexity index is 798. The molecule has 2 rings (SSSR count). The fourth-order valence-electron chi connectivity index (χ4n) is 1.55. The van der Waals surface area contributed by atoms with Crippen LogP contribution in [0, 0.1) is 11.3 Å². The van der Waals surface area contributed by atoms with Gasteiger partial charge in [0, 0.05) is 10.2 Å². The molecule has 7 heteroatoms. The minimum atomic E-state index is -3.72. The first-order valence-corrected chi connectivity index (χ1v) is 7.78. The minimum Gasteiger partial charge on any atom is -0.399 e. The van der Waals surface area contributed by atoms with Gasteiger partial charge in [-0.3, -0.25) is 4.72 Å². The molecule has 102 valence electrons. The second-order valence-electron chi connectivity index (χ2n) is 3.98. The lowest BCUT2D eigenvalue weighted by molar-refractivity contribution is 0.601. The number of nitrogens with zero attached hydrogens (tertiary/aromatic N) is 1. The third-order valence-electron chi connectivity index (χ3n) is 2.51. The Hall–Kier alpha value is -2.04. The molecule has 0 spiro atoms. The largest absolute Gasteiger partial charge is 0.399 e. The Kier molecular flexibility index (Phi) is 3.97. The standard InChI is InChI=1S/C13H10BrN3O2S/c14-12-6-9(8-15)4-5-13(12)17-20(18,19)11-3-1-2-10(16)7-11/h1-7,17H,16H2. The van der Waals surface area contributed by atoms with Crippen LogP contribution in [0.15, 0.2) is 51.8 Å². The molecule has 0 aliphatic heterocycles. The van der Waals surface area contributed by atoms with Gasteiger partial charge in [-0.1, -0.05) is 6.07 Å². The second kappa shape index (κ2) is 5.53. The van der Waals surface area contributed by atoms with E-state index in [0.29, 0.717) is 21.4 Å². The summed E-state index contributed by atoms with van der Waals surface area (Å²) in [6.45, 7) is 0. The number of rotatable bonds is 3. The van der Waals surface area contributed by atoms with Crippen LogP contribution in [0.2, 0.25) is 0 Å². The Morgan fingerprint density at radius 2 is 1.95 bits per heavy atom. The van der Waals surface area contributed by atoms with Crippen LogP contribution in [0.3, 0.4) is 0 Å². The zero-order valence-electron chi connectivity index (χ0n) is 10.2. The smallest absolute Gasteiger partial charge is 0.262 e. The summed E-state index contributed by atoms with van der Waals surface area (Å²) >= 11 is 3.22. The van der Waals surface area contributed by atoms with E-state index >= 15 is 0 Å². The molecule has 0 fully saturated rings. The number of anilines is 2. The fraction of sp³-hybridized carbons (Fsp3) is 0. The maximum absolute atomic E-state index is 12.2. The number of nitrogens with two attached hydrogens (primary N) is 1. The van der Waals surface area contributed by atoms with Crippen LogP contribution in [-0.2, 0) is 10.0 Å². The van der Waals surface area contributed by atoms with Crippen molar-refractivity contribution in [2.24, 2.45) is 0 Å². The zero-order chi connectivity index (χ0) is 14.8. The maximum atomic E-state index is 12.2. The van der Waals surface area contributed by atoms with Crippen molar-refractivity contribution < 1.29 is 8.42 Å². The van der Waals surface area contributed by atoms with Crippen molar-refractivity contribution in [3.63, 3.8) is 0 Å².